The van der Waals surface area contributed by atoms with Crippen molar-refractivity contribution in [3.05, 3.63) is 52.1 Å². The van der Waals surface area contributed by atoms with Crippen LogP contribution in [0.2, 0.25) is 0 Å². The Labute approximate surface area is 117 Å². The van der Waals surface area contributed by atoms with Gasteiger partial charge >= 0.3 is 0 Å². The zero-order chi connectivity index (χ0) is 14.7. The first-order chi connectivity index (χ1) is 10.2. The van der Waals surface area contributed by atoms with Crippen LogP contribution >= 0.6 is 0 Å². The highest BCUT2D eigenvalue weighted by Gasteiger charge is 2.04. The molecule has 0 aliphatic rings. The van der Waals surface area contributed by atoms with E-state index in [2.05, 4.69) is 31.2 Å². The zero-order valence-electron chi connectivity index (χ0n) is 10.5. The lowest BCUT2D eigenvalue weighted by atomic mass is 10.2. The Morgan fingerprint density at radius 3 is 3.10 bits per heavy atom. The molecule has 0 aliphatic carbocycles. The summed E-state index contributed by atoms with van der Waals surface area (Å²) in [6.07, 6.45) is 1.46. The monoisotopic (exact) mass is 284 g/mol. The smallest absolute Gasteiger partial charge is 0.260 e. The molecule has 0 saturated heterocycles. The van der Waals surface area contributed by atoms with E-state index in [1.165, 1.54) is 23.0 Å². The van der Waals surface area contributed by atoms with Crippen LogP contribution in [0.1, 0.15) is 5.56 Å². The highest BCUT2D eigenvalue weighted by atomic mass is 16.6. The number of aromatic nitrogens is 5. The van der Waals surface area contributed by atoms with E-state index in [0.717, 1.165) is 0 Å². The molecule has 2 aromatic heterocycles. The average molecular weight is 284 g/mol. The van der Waals surface area contributed by atoms with E-state index in [1.54, 1.807) is 24.3 Å². The molecule has 0 atom stereocenters. The highest BCUT2D eigenvalue weighted by molar-refractivity contribution is 5.81. The topological polar surface area (TPSA) is 124 Å². The molecule has 3 rings (SSSR count). The molecule has 10 heteroatoms. The summed E-state index contributed by atoms with van der Waals surface area (Å²) in [5.41, 5.74) is 3.82. The van der Waals surface area contributed by atoms with E-state index >= 15 is 0 Å². The molecular weight excluding hydrogens is 276 g/mol. The number of nitrogens with one attached hydrogen (secondary N) is 1. The van der Waals surface area contributed by atoms with Gasteiger partial charge in [0.15, 0.2) is 11.5 Å². The van der Waals surface area contributed by atoms with Crippen LogP contribution in [-0.4, -0.2) is 36.4 Å². The molecule has 0 unspecified atom stereocenters. The number of hydrazone groups is 1. The number of benzene rings is 1. The van der Waals surface area contributed by atoms with Gasteiger partial charge in [0.05, 0.1) is 11.1 Å². The first kappa shape index (κ1) is 12.6. The van der Waals surface area contributed by atoms with E-state index in [1.807, 2.05) is 0 Å². The second kappa shape index (κ2) is 5.28. The quantitative estimate of drug-likeness (QED) is 0.428. The van der Waals surface area contributed by atoms with Crippen LogP contribution in [0.5, 0.6) is 0 Å². The Morgan fingerprint density at radius 1 is 1.33 bits per heavy atom. The van der Waals surface area contributed by atoms with Crippen LogP contribution in [0.15, 0.2) is 41.5 Å². The number of nitro benzene ring substituents is 1. The minimum absolute atomic E-state index is 0.00665. The minimum atomic E-state index is -0.460. The molecule has 104 valence electrons. The molecule has 0 spiro atoms. The Morgan fingerprint density at radius 2 is 2.24 bits per heavy atom. The molecule has 3 aromatic rings. The molecule has 0 aliphatic heterocycles. The second-order valence-corrected chi connectivity index (χ2v) is 3.97. The van der Waals surface area contributed by atoms with Crippen LogP contribution < -0.4 is 5.43 Å². The van der Waals surface area contributed by atoms with Crippen molar-refractivity contribution in [3.8, 4) is 0 Å². The third kappa shape index (κ3) is 2.78. The lowest BCUT2D eigenvalue weighted by molar-refractivity contribution is -0.384. The first-order valence-electron chi connectivity index (χ1n) is 5.81. The molecular formula is C11H8N8O2. The number of anilines is 1. The Hall–Kier alpha value is -3.43. The molecule has 0 amide bonds. The maximum absolute atomic E-state index is 10.7. The number of hydrogen-bond donors (Lipinski definition) is 1. The first-order valence-corrected chi connectivity index (χ1v) is 5.81. The summed E-state index contributed by atoms with van der Waals surface area (Å²) in [4.78, 5) is 10.2. The molecule has 1 N–H and O–H groups in total. The number of tetrazole rings is 1. The molecule has 0 radical (unpaired) electrons. The van der Waals surface area contributed by atoms with Crippen molar-refractivity contribution in [2.24, 2.45) is 5.10 Å². The number of nitro groups is 1. The summed E-state index contributed by atoms with van der Waals surface area (Å²) in [5, 5.41) is 29.5. The average Bonchev–Trinajstić information content (AvgIpc) is 2.95. The Balaban J connectivity index is 1.74. The highest BCUT2D eigenvalue weighted by Crippen LogP contribution is 2.11. The van der Waals surface area contributed by atoms with E-state index in [9.17, 15) is 10.1 Å². The van der Waals surface area contributed by atoms with Gasteiger partial charge in [0.2, 0.25) is 0 Å². The van der Waals surface area contributed by atoms with Crippen LogP contribution in [0.4, 0.5) is 11.5 Å². The predicted octanol–water partition coefficient (Wildman–Crippen LogP) is 0.873. The fourth-order valence-corrected chi connectivity index (χ4v) is 1.60. The van der Waals surface area contributed by atoms with Gasteiger partial charge in [-0.15, -0.1) is 14.8 Å². The van der Waals surface area contributed by atoms with Gasteiger partial charge in [-0.1, -0.05) is 12.1 Å². The van der Waals surface area contributed by atoms with Crippen LogP contribution in [-0.2, 0) is 0 Å². The summed E-state index contributed by atoms with van der Waals surface area (Å²) in [5.74, 6) is 0.441. The van der Waals surface area contributed by atoms with Crippen LogP contribution in [0.3, 0.4) is 0 Å². The summed E-state index contributed by atoms with van der Waals surface area (Å²) < 4.78 is 1.26. The summed E-state index contributed by atoms with van der Waals surface area (Å²) in [7, 11) is 0. The number of rotatable bonds is 4. The lowest BCUT2D eigenvalue weighted by Crippen LogP contribution is -2.00. The van der Waals surface area contributed by atoms with E-state index in [4.69, 9.17) is 0 Å². The number of fused-ring (bicyclic) bond motifs is 1. The fourth-order valence-electron chi connectivity index (χ4n) is 1.60. The fraction of sp³-hybridized carbons (Fsp3) is 0. The van der Waals surface area contributed by atoms with Crippen molar-refractivity contribution < 1.29 is 4.92 Å². The van der Waals surface area contributed by atoms with Gasteiger partial charge < -0.3 is 0 Å². The van der Waals surface area contributed by atoms with Crippen molar-refractivity contribution >= 4 is 23.4 Å². The summed E-state index contributed by atoms with van der Waals surface area (Å²) >= 11 is 0. The van der Waals surface area contributed by atoms with Gasteiger partial charge in [0.25, 0.3) is 5.69 Å². The third-order valence-corrected chi connectivity index (χ3v) is 2.54. The number of nitrogens with zero attached hydrogens (tertiary/aromatic N) is 7. The van der Waals surface area contributed by atoms with Gasteiger partial charge in [-0.25, -0.2) is 0 Å². The SMILES string of the molecule is O=[N+]([O-])c1cccc(/C=N\Nc2ccc3nnnn3n2)c1. The molecule has 10 nitrogen and oxygen atoms in total. The van der Waals surface area contributed by atoms with Crippen molar-refractivity contribution in [1.82, 2.24) is 25.3 Å². The second-order valence-electron chi connectivity index (χ2n) is 3.97. The molecule has 1 aromatic carbocycles. The van der Waals surface area contributed by atoms with Crippen molar-refractivity contribution in [2.75, 3.05) is 5.43 Å². The van der Waals surface area contributed by atoms with Gasteiger partial charge in [-0.3, -0.25) is 15.5 Å². The minimum Gasteiger partial charge on any atom is -0.260 e. The largest absolute Gasteiger partial charge is 0.270 e. The lowest BCUT2D eigenvalue weighted by Gasteiger charge is -1.98. The standard InChI is InChI=1S/C11H8N8O2/c20-19(21)9-3-1-2-8(6-9)7-12-13-10-4-5-11-14-16-17-18(11)15-10/h1-7H,(H,13,15)/b12-7-. The predicted molar refractivity (Wildman–Crippen MR) is 72.9 cm³/mol. The number of non-ortho nitro benzene ring substituents is 1. The molecule has 0 bridgehead atoms. The molecule has 21 heavy (non-hydrogen) atoms. The Kier molecular flexibility index (Phi) is 3.17. The van der Waals surface area contributed by atoms with Gasteiger partial charge in [-0.2, -0.15) is 5.10 Å². The van der Waals surface area contributed by atoms with E-state index in [0.29, 0.717) is 17.0 Å². The van der Waals surface area contributed by atoms with E-state index in [-0.39, 0.29) is 5.69 Å². The van der Waals surface area contributed by atoms with Gasteiger partial charge in [-0.05, 0) is 22.6 Å². The van der Waals surface area contributed by atoms with Crippen LogP contribution in [0.25, 0.3) is 5.65 Å². The van der Waals surface area contributed by atoms with Crippen molar-refractivity contribution in [3.63, 3.8) is 0 Å². The van der Waals surface area contributed by atoms with Crippen LogP contribution in [0, 0.1) is 10.1 Å². The molecule has 2 heterocycles. The zero-order valence-corrected chi connectivity index (χ0v) is 10.5. The summed E-state index contributed by atoms with van der Waals surface area (Å²) in [6, 6.07) is 9.47. The molecule has 0 fully saturated rings. The maximum Gasteiger partial charge on any atom is 0.270 e. The molecule has 0 saturated carbocycles. The van der Waals surface area contributed by atoms with Gasteiger partial charge in [0, 0.05) is 17.7 Å². The van der Waals surface area contributed by atoms with E-state index < -0.39 is 4.92 Å². The van der Waals surface area contributed by atoms with Crippen molar-refractivity contribution in [2.45, 2.75) is 0 Å². The van der Waals surface area contributed by atoms with Crippen molar-refractivity contribution in [1.29, 1.82) is 0 Å². The van der Waals surface area contributed by atoms with Gasteiger partial charge in [0.1, 0.15) is 0 Å². The normalized spacial score (nSPS) is 11.0. The number of hydrogen-bond acceptors (Lipinski definition) is 8. The maximum atomic E-state index is 10.7. The Bertz CT molecular complexity index is 828. The summed E-state index contributed by atoms with van der Waals surface area (Å²) in [6.45, 7) is 0. The third-order valence-electron chi connectivity index (χ3n) is 2.54.